The van der Waals surface area contributed by atoms with Crippen LogP contribution in [0.2, 0.25) is 0 Å². The molecule has 0 spiro atoms. The Morgan fingerprint density at radius 2 is 1.00 bits per heavy atom. The van der Waals surface area contributed by atoms with Crippen molar-refractivity contribution in [1.29, 1.82) is 0 Å². The molecular formula is C43H46O6. The Morgan fingerprint density at radius 3 is 1.37 bits per heavy atom. The maximum absolute atomic E-state index is 11.9. The van der Waals surface area contributed by atoms with Crippen LogP contribution in [0.15, 0.2) is 122 Å². The molecule has 0 fully saturated rings. The second-order valence-corrected chi connectivity index (χ2v) is 12.3. The van der Waals surface area contributed by atoms with Gasteiger partial charge in [-0.1, -0.05) is 113 Å². The fourth-order valence-corrected chi connectivity index (χ4v) is 6.65. The van der Waals surface area contributed by atoms with E-state index in [1.54, 1.807) is 0 Å². The number of carbonyl (C=O) groups excluding carboxylic acids is 2. The van der Waals surface area contributed by atoms with E-state index in [1.807, 2.05) is 24.3 Å². The summed E-state index contributed by atoms with van der Waals surface area (Å²) in [6.45, 7) is 11.8. The van der Waals surface area contributed by atoms with E-state index >= 15 is 0 Å². The lowest BCUT2D eigenvalue weighted by atomic mass is 9.68. The molecule has 0 N–H and O–H groups in total. The summed E-state index contributed by atoms with van der Waals surface area (Å²) in [6, 6.07) is 33.6. The Hall–Kier alpha value is -5.10. The van der Waals surface area contributed by atoms with Gasteiger partial charge in [0, 0.05) is 12.2 Å². The lowest BCUT2D eigenvalue weighted by Gasteiger charge is -2.34. The zero-order valence-electron chi connectivity index (χ0n) is 28.6. The first kappa shape index (κ1) is 35.2. The molecule has 0 aromatic heterocycles. The third kappa shape index (κ3) is 7.97. The number of benzene rings is 4. The number of hydrogen-bond donors (Lipinski definition) is 0. The third-order valence-electron chi connectivity index (χ3n) is 9.06. The zero-order chi connectivity index (χ0) is 34.6. The number of unbranched alkanes of at least 4 members (excludes halogenated alkanes) is 2. The minimum absolute atomic E-state index is 0.267. The van der Waals surface area contributed by atoms with Crippen molar-refractivity contribution in [2.75, 3.05) is 13.2 Å². The number of fused-ring (bicyclic) bond motifs is 3. The smallest absolute Gasteiger partial charge is 0.330 e. The molecular weight excluding hydrogens is 612 g/mol. The minimum Gasteiger partial charge on any atom is -0.490 e. The Bertz CT molecular complexity index is 1590. The Labute approximate surface area is 290 Å². The second-order valence-electron chi connectivity index (χ2n) is 12.3. The summed E-state index contributed by atoms with van der Waals surface area (Å²) >= 11 is 0. The van der Waals surface area contributed by atoms with Gasteiger partial charge in [-0.05, 0) is 83.3 Å². The molecule has 5 rings (SSSR count). The summed E-state index contributed by atoms with van der Waals surface area (Å²) in [5.74, 6) is 0.523. The van der Waals surface area contributed by atoms with Gasteiger partial charge in [0.05, 0.1) is 5.41 Å². The summed E-state index contributed by atoms with van der Waals surface area (Å²) in [5, 5.41) is 0. The highest BCUT2D eigenvalue weighted by atomic mass is 16.6. The monoisotopic (exact) mass is 658 g/mol. The van der Waals surface area contributed by atoms with E-state index in [0.717, 1.165) is 49.7 Å². The van der Waals surface area contributed by atoms with Gasteiger partial charge in [-0.15, -0.1) is 0 Å². The van der Waals surface area contributed by atoms with Crippen LogP contribution >= 0.6 is 0 Å². The van der Waals surface area contributed by atoms with Gasteiger partial charge in [-0.2, -0.15) is 0 Å². The predicted octanol–water partition coefficient (Wildman–Crippen LogP) is 9.38. The molecule has 6 heteroatoms. The average molecular weight is 659 g/mol. The molecule has 0 radical (unpaired) electrons. The maximum atomic E-state index is 11.9. The van der Waals surface area contributed by atoms with Gasteiger partial charge < -0.3 is 18.9 Å². The lowest BCUT2D eigenvalue weighted by molar-refractivity contribution is -0.145. The fourth-order valence-electron chi connectivity index (χ4n) is 6.65. The molecule has 6 nitrogen and oxygen atoms in total. The number of ether oxygens (including phenoxy) is 4. The molecule has 0 saturated heterocycles. The number of hydrogen-bond acceptors (Lipinski definition) is 6. The Balaban J connectivity index is 1.46. The number of rotatable bonds is 18. The molecule has 4 aromatic carbocycles. The van der Waals surface area contributed by atoms with E-state index in [9.17, 15) is 9.59 Å². The zero-order valence-corrected chi connectivity index (χ0v) is 28.6. The molecule has 0 saturated carbocycles. The third-order valence-corrected chi connectivity index (χ3v) is 9.06. The van der Waals surface area contributed by atoms with Crippen LogP contribution in [0.25, 0.3) is 11.1 Å². The van der Waals surface area contributed by atoms with Gasteiger partial charge in [0.15, 0.2) is 0 Å². The molecule has 1 aliphatic rings. The Kier molecular flexibility index (Phi) is 12.1. The van der Waals surface area contributed by atoms with Gasteiger partial charge in [0.2, 0.25) is 0 Å². The summed E-state index contributed by atoms with van der Waals surface area (Å²) in [7, 11) is 0. The molecule has 254 valence electrons. The molecule has 2 unspecified atom stereocenters. The first-order chi connectivity index (χ1) is 23.9. The van der Waals surface area contributed by atoms with E-state index in [1.165, 1.54) is 34.4 Å². The number of esters is 2. The normalized spacial score (nSPS) is 13.7. The summed E-state index contributed by atoms with van der Waals surface area (Å²) in [4.78, 5) is 23.8. The SMILES string of the molecule is C=CC(=O)OC(CCCC)COc1ccc(C2(c3ccc(OCC(CCCC)OC(=O)C=C)cc3)c3ccccc3-c3ccccc32)cc1. The van der Waals surface area contributed by atoms with Crippen molar-refractivity contribution in [3.05, 3.63) is 145 Å². The highest BCUT2D eigenvalue weighted by molar-refractivity contribution is 5.86. The van der Waals surface area contributed by atoms with Crippen molar-refractivity contribution in [3.63, 3.8) is 0 Å². The van der Waals surface area contributed by atoms with E-state index < -0.39 is 17.4 Å². The van der Waals surface area contributed by atoms with Crippen LogP contribution in [-0.4, -0.2) is 37.4 Å². The molecule has 0 bridgehead atoms. The highest BCUT2D eigenvalue weighted by Crippen LogP contribution is 2.56. The maximum Gasteiger partial charge on any atom is 0.330 e. The van der Waals surface area contributed by atoms with Crippen LogP contribution in [0.5, 0.6) is 11.5 Å². The van der Waals surface area contributed by atoms with E-state index in [-0.39, 0.29) is 25.4 Å². The molecule has 49 heavy (non-hydrogen) atoms. The van der Waals surface area contributed by atoms with Gasteiger partial charge in [0.1, 0.15) is 36.9 Å². The topological polar surface area (TPSA) is 71.1 Å². The predicted molar refractivity (Wildman–Crippen MR) is 194 cm³/mol. The van der Waals surface area contributed by atoms with Crippen LogP contribution in [0.4, 0.5) is 0 Å². The van der Waals surface area contributed by atoms with Crippen LogP contribution in [0.1, 0.15) is 74.6 Å². The summed E-state index contributed by atoms with van der Waals surface area (Å²) in [6.07, 6.45) is 7.01. The van der Waals surface area contributed by atoms with Crippen molar-refractivity contribution >= 4 is 11.9 Å². The number of carbonyl (C=O) groups is 2. The first-order valence-corrected chi connectivity index (χ1v) is 17.3. The highest BCUT2D eigenvalue weighted by Gasteiger charge is 2.45. The first-order valence-electron chi connectivity index (χ1n) is 17.3. The van der Waals surface area contributed by atoms with E-state index in [4.69, 9.17) is 18.9 Å². The minimum atomic E-state index is -0.587. The lowest BCUT2D eigenvalue weighted by Crippen LogP contribution is -2.28. The van der Waals surface area contributed by atoms with Crippen molar-refractivity contribution < 1.29 is 28.5 Å². The fraction of sp³-hybridized carbons (Fsp3) is 0.302. The van der Waals surface area contributed by atoms with Gasteiger partial charge in [0.25, 0.3) is 0 Å². The van der Waals surface area contributed by atoms with Crippen LogP contribution in [0, 0.1) is 0 Å². The van der Waals surface area contributed by atoms with Crippen molar-refractivity contribution in [3.8, 4) is 22.6 Å². The van der Waals surface area contributed by atoms with Crippen molar-refractivity contribution in [2.24, 2.45) is 0 Å². The quantitative estimate of drug-likeness (QED) is 0.0690. The summed E-state index contributed by atoms with van der Waals surface area (Å²) in [5.41, 5.74) is 6.41. The second kappa shape index (κ2) is 16.8. The largest absolute Gasteiger partial charge is 0.490 e. The molecule has 4 aromatic rings. The van der Waals surface area contributed by atoms with Crippen LogP contribution in [-0.2, 0) is 24.5 Å². The van der Waals surface area contributed by atoms with Gasteiger partial charge in [-0.25, -0.2) is 9.59 Å². The van der Waals surface area contributed by atoms with E-state index in [0.29, 0.717) is 11.5 Å². The molecule has 0 aliphatic heterocycles. The Morgan fingerprint density at radius 1 is 0.612 bits per heavy atom. The molecule has 0 heterocycles. The van der Waals surface area contributed by atoms with Gasteiger partial charge >= 0.3 is 11.9 Å². The van der Waals surface area contributed by atoms with Crippen molar-refractivity contribution in [1.82, 2.24) is 0 Å². The summed E-state index contributed by atoms with van der Waals surface area (Å²) < 4.78 is 23.4. The molecule has 1 aliphatic carbocycles. The molecule has 2 atom stereocenters. The van der Waals surface area contributed by atoms with Gasteiger partial charge in [-0.3, -0.25) is 0 Å². The standard InChI is InChI=1S/C43H46O6/c1-5-9-15-35(48-41(44)7-3)29-46-33-25-21-31(22-26-33)43(39-19-13-11-17-37(39)38-18-12-14-20-40(38)43)32-23-27-34(28-24-32)47-30-36(16-10-6-2)49-42(45)8-4/h7-8,11-14,17-28,35-36H,3-6,9-10,15-16,29-30H2,1-2H3. The van der Waals surface area contributed by atoms with Crippen LogP contribution < -0.4 is 9.47 Å². The van der Waals surface area contributed by atoms with Crippen LogP contribution in [0.3, 0.4) is 0 Å². The average Bonchev–Trinajstić information content (AvgIpc) is 3.45. The molecule has 0 amide bonds. The van der Waals surface area contributed by atoms with Crippen molar-refractivity contribution in [2.45, 2.75) is 70.0 Å². The van der Waals surface area contributed by atoms with E-state index in [2.05, 4.69) is 99.8 Å².